The first kappa shape index (κ1) is 25.2. The standard InChI is InChI=1S/C27H26Cl2N2O4/c1-2-3-22(27(33)34)31-24(18-4-8-20(28)9-5-18)25(19-6-10-21(29)11-7-19)35-23(26(31)32)16-17-12-14-30-15-13-17/h4-15,22-25H,2-3,16H2,1H3,(H,33,34)/t22?,23-,24+,25-/m0/s1. The molecule has 1 fully saturated rings. The average Bonchev–Trinajstić information content (AvgIpc) is 2.85. The quantitative estimate of drug-likeness (QED) is 0.406. The van der Waals surface area contributed by atoms with Gasteiger partial charge in [0.1, 0.15) is 18.2 Å². The number of carboxylic acid groups (broad SMARTS) is 1. The molecule has 3 aromatic rings. The highest BCUT2D eigenvalue weighted by atomic mass is 35.5. The van der Waals surface area contributed by atoms with Crippen LogP contribution in [0, 0.1) is 0 Å². The van der Waals surface area contributed by atoms with E-state index in [9.17, 15) is 14.7 Å². The van der Waals surface area contributed by atoms with Crippen LogP contribution in [0.4, 0.5) is 0 Å². The van der Waals surface area contributed by atoms with Gasteiger partial charge >= 0.3 is 5.97 Å². The molecule has 0 saturated carbocycles. The molecule has 8 heteroatoms. The Morgan fingerprint density at radius 3 is 2.11 bits per heavy atom. The Kier molecular flexibility index (Phi) is 8.06. The fraction of sp³-hybridized carbons (Fsp3) is 0.296. The van der Waals surface area contributed by atoms with Crippen molar-refractivity contribution in [3.63, 3.8) is 0 Å². The zero-order valence-corrected chi connectivity index (χ0v) is 20.7. The van der Waals surface area contributed by atoms with Gasteiger partial charge in [0.05, 0.1) is 6.04 Å². The minimum absolute atomic E-state index is 0.299. The number of aliphatic carboxylic acids is 1. The van der Waals surface area contributed by atoms with Crippen LogP contribution in [0.2, 0.25) is 10.0 Å². The van der Waals surface area contributed by atoms with Gasteiger partial charge in [0.15, 0.2) is 0 Å². The number of halogens is 2. The molecule has 1 unspecified atom stereocenters. The Morgan fingerprint density at radius 1 is 1.00 bits per heavy atom. The molecule has 2 aromatic carbocycles. The highest BCUT2D eigenvalue weighted by molar-refractivity contribution is 6.30. The molecule has 0 spiro atoms. The number of amides is 1. The minimum atomic E-state index is -1.04. The molecule has 182 valence electrons. The normalized spacial score (nSPS) is 21.1. The van der Waals surface area contributed by atoms with E-state index in [-0.39, 0.29) is 5.91 Å². The third-order valence-electron chi connectivity index (χ3n) is 6.19. The van der Waals surface area contributed by atoms with Crippen molar-refractivity contribution in [3.05, 3.63) is 99.8 Å². The van der Waals surface area contributed by atoms with Crippen molar-refractivity contribution >= 4 is 35.1 Å². The van der Waals surface area contributed by atoms with Crippen LogP contribution in [0.5, 0.6) is 0 Å². The number of carbonyl (C=O) groups excluding carboxylic acids is 1. The molecule has 0 aliphatic carbocycles. The van der Waals surface area contributed by atoms with Gasteiger partial charge in [-0.05, 0) is 59.5 Å². The summed E-state index contributed by atoms with van der Waals surface area (Å²) in [6.07, 6.45) is 3.07. The number of nitrogens with zero attached hydrogens (tertiary/aromatic N) is 2. The third kappa shape index (κ3) is 5.67. The van der Waals surface area contributed by atoms with Gasteiger partial charge in [0.2, 0.25) is 0 Å². The lowest BCUT2D eigenvalue weighted by Crippen LogP contribution is -2.57. The zero-order valence-electron chi connectivity index (χ0n) is 19.2. The number of carbonyl (C=O) groups is 2. The van der Waals surface area contributed by atoms with Gasteiger partial charge in [-0.25, -0.2) is 4.79 Å². The predicted octanol–water partition coefficient (Wildman–Crippen LogP) is 5.89. The zero-order chi connectivity index (χ0) is 24.9. The SMILES string of the molecule is CCCC(C(=O)O)N1C(=O)[C@H](Cc2ccncc2)O[C@@H](c2ccc(Cl)cc2)[C@H]1c1ccc(Cl)cc1. The summed E-state index contributed by atoms with van der Waals surface area (Å²) in [5.41, 5.74) is 2.42. The van der Waals surface area contributed by atoms with Gasteiger partial charge in [0, 0.05) is 28.9 Å². The number of rotatable bonds is 8. The Bertz CT molecular complexity index is 1160. The molecular formula is C27H26Cl2N2O4. The summed E-state index contributed by atoms with van der Waals surface area (Å²) in [5.74, 6) is -1.40. The molecule has 35 heavy (non-hydrogen) atoms. The second-order valence-corrected chi connectivity index (χ2v) is 9.41. The number of morpholine rings is 1. The van der Waals surface area contributed by atoms with E-state index in [1.165, 1.54) is 4.90 Å². The molecule has 1 saturated heterocycles. The molecule has 4 atom stereocenters. The fourth-order valence-corrected chi connectivity index (χ4v) is 4.79. The second-order valence-electron chi connectivity index (χ2n) is 8.54. The molecule has 6 nitrogen and oxygen atoms in total. The molecule has 1 aromatic heterocycles. The predicted molar refractivity (Wildman–Crippen MR) is 134 cm³/mol. The van der Waals surface area contributed by atoms with Crippen LogP contribution in [0.15, 0.2) is 73.1 Å². The smallest absolute Gasteiger partial charge is 0.326 e. The first-order chi connectivity index (χ1) is 16.9. The van der Waals surface area contributed by atoms with Crippen molar-refractivity contribution in [3.8, 4) is 0 Å². The van der Waals surface area contributed by atoms with Crippen molar-refractivity contribution in [2.45, 2.75) is 50.5 Å². The molecule has 0 bridgehead atoms. The van der Waals surface area contributed by atoms with Crippen molar-refractivity contribution in [1.82, 2.24) is 9.88 Å². The number of benzene rings is 2. The third-order valence-corrected chi connectivity index (χ3v) is 6.69. The number of hydrogen-bond acceptors (Lipinski definition) is 4. The van der Waals surface area contributed by atoms with Crippen LogP contribution in [0.1, 0.15) is 48.6 Å². The van der Waals surface area contributed by atoms with E-state index in [2.05, 4.69) is 4.98 Å². The van der Waals surface area contributed by atoms with E-state index in [1.54, 1.807) is 36.7 Å². The Balaban J connectivity index is 1.85. The number of hydrogen-bond donors (Lipinski definition) is 1. The summed E-state index contributed by atoms with van der Waals surface area (Å²) >= 11 is 12.3. The molecule has 2 heterocycles. The largest absolute Gasteiger partial charge is 0.480 e. The van der Waals surface area contributed by atoms with Gasteiger partial charge in [-0.15, -0.1) is 0 Å². The van der Waals surface area contributed by atoms with E-state index >= 15 is 0 Å². The van der Waals surface area contributed by atoms with E-state index in [4.69, 9.17) is 27.9 Å². The van der Waals surface area contributed by atoms with Crippen LogP contribution in [0.25, 0.3) is 0 Å². The summed E-state index contributed by atoms with van der Waals surface area (Å²) in [5, 5.41) is 11.3. The van der Waals surface area contributed by atoms with Gasteiger partial charge in [-0.3, -0.25) is 9.78 Å². The summed E-state index contributed by atoms with van der Waals surface area (Å²) < 4.78 is 6.48. The minimum Gasteiger partial charge on any atom is -0.480 e. The Hall–Kier alpha value is -2.93. The number of pyridine rings is 1. The molecular weight excluding hydrogens is 487 g/mol. The second kappa shape index (κ2) is 11.2. The monoisotopic (exact) mass is 512 g/mol. The molecule has 1 N–H and O–H groups in total. The van der Waals surface area contributed by atoms with Crippen LogP contribution in [-0.2, 0) is 20.7 Å². The van der Waals surface area contributed by atoms with Gasteiger partial charge < -0.3 is 14.7 Å². The van der Waals surface area contributed by atoms with Gasteiger partial charge in [0.25, 0.3) is 5.91 Å². The first-order valence-electron chi connectivity index (χ1n) is 11.5. The lowest BCUT2D eigenvalue weighted by Gasteiger charge is -2.47. The first-order valence-corrected chi connectivity index (χ1v) is 12.2. The van der Waals surface area contributed by atoms with Crippen molar-refractivity contribution in [2.24, 2.45) is 0 Å². The maximum atomic E-state index is 13.9. The lowest BCUT2D eigenvalue weighted by atomic mass is 9.89. The summed E-state index contributed by atoms with van der Waals surface area (Å²) in [6, 6.07) is 16.3. The Labute approximate surface area is 214 Å². The van der Waals surface area contributed by atoms with E-state index in [0.717, 1.165) is 16.7 Å². The number of aromatic nitrogens is 1. The lowest BCUT2D eigenvalue weighted by molar-refractivity contribution is -0.184. The topological polar surface area (TPSA) is 79.7 Å². The maximum absolute atomic E-state index is 13.9. The summed E-state index contributed by atoms with van der Waals surface area (Å²) in [7, 11) is 0. The summed E-state index contributed by atoms with van der Waals surface area (Å²) in [6.45, 7) is 1.91. The maximum Gasteiger partial charge on any atom is 0.326 e. The summed E-state index contributed by atoms with van der Waals surface area (Å²) in [4.78, 5) is 31.9. The van der Waals surface area contributed by atoms with Crippen molar-refractivity contribution in [2.75, 3.05) is 0 Å². The van der Waals surface area contributed by atoms with Crippen LogP contribution < -0.4 is 0 Å². The average molecular weight is 513 g/mol. The molecule has 1 aliphatic rings. The van der Waals surface area contributed by atoms with Crippen LogP contribution in [0.3, 0.4) is 0 Å². The molecule has 0 radical (unpaired) electrons. The van der Waals surface area contributed by atoms with Gasteiger partial charge in [-0.2, -0.15) is 0 Å². The highest BCUT2D eigenvalue weighted by Crippen LogP contribution is 2.44. The fourth-order valence-electron chi connectivity index (χ4n) is 4.54. The van der Waals surface area contributed by atoms with E-state index in [1.807, 2.05) is 43.3 Å². The molecule has 1 amide bonds. The highest BCUT2D eigenvalue weighted by Gasteiger charge is 2.48. The van der Waals surface area contributed by atoms with E-state index < -0.39 is 30.3 Å². The van der Waals surface area contributed by atoms with Crippen LogP contribution >= 0.6 is 23.2 Å². The van der Waals surface area contributed by atoms with Crippen LogP contribution in [-0.4, -0.2) is 39.0 Å². The van der Waals surface area contributed by atoms with Crippen molar-refractivity contribution in [1.29, 1.82) is 0 Å². The molecule has 4 rings (SSSR count). The molecule has 1 aliphatic heterocycles. The van der Waals surface area contributed by atoms with E-state index in [0.29, 0.717) is 29.3 Å². The Morgan fingerprint density at radius 2 is 1.57 bits per heavy atom. The number of carboxylic acids is 1. The number of ether oxygens (including phenoxy) is 1. The van der Waals surface area contributed by atoms with Crippen molar-refractivity contribution < 1.29 is 19.4 Å². The van der Waals surface area contributed by atoms with Gasteiger partial charge in [-0.1, -0.05) is 60.8 Å².